The lowest BCUT2D eigenvalue weighted by atomic mass is 9.96. The highest BCUT2D eigenvalue weighted by molar-refractivity contribution is 5.92. The summed E-state index contributed by atoms with van der Waals surface area (Å²) in [5.41, 5.74) is 2.73. The third kappa shape index (κ3) is 4.58. The lowest BCUT2D eigenvalue weighted by molar-refractivity contribution is 0.0821. The fourth-order valence-electron chi connectivity index (χ4n) is 3.31. The Balaban J connectivity index is 1.78. The number of hydrogen-bond acceptors (Lipinski definition) is 5. The maximum Gasteiger partial charge on any atom is 0.273 e. The number of phenols is 1. The van der Waals surface area contributed by atoms with Crippen LogP contribution < -0.4 is 5.32 Å². The number of nitrogens with one attached hydrogen (secondary N) is 1. The number of carbonyl (C=O) groups is 1. The van der Waals surface area contributed by atoms with E-state index in [9.17, 15) is 9.90 Å². The lowest BCUT2D eigenvalue weighted by Crippen LogP contribution is -2.34. The van der Waals surface area contributed by atoms with Gasteiger partial charge in [-0.25, -0.2) is 4.98 Å². The van der Waals surface area contributed by atoms with Crippen LogP contribution in [0.2, 0.25) is 0 Å². The van der Waals surface area contributed by atoms with Gasteiger partial charge in [-0.1, -0.05) is 6.42 Å². The number of aromatic hydroxyl groups is 1. The Hall–Kier alpha value is -2.47. The number of phenolic OH excluding ortho intramolecular Hbond substituents is 1. The maximum absolute atomic E-state index is 12.1. The molecule has 26 heavy (non-hydrogen) atoms. The Kier molecular flexibility index (Phi) is 5.83. The van der Waals surface area contributed by atoms with E-state index in [0.29, 0.717) is 17.4 Å². The van der Waals surface area contributed by atoms with Gasteiger partial charge in [0.25, 0.3) is 5.91 Å². The second-order valence-electron chi connectivity index (χ2n) is 7.06. The summed E-state index contributed by atoms with van der Waals surface area (Å²) in [5, 5.41) is 13.7. The van der Waals surface area contributed by atoms with Crippen LogP contribution in [0.5, 0.6) is 5.75 Å². The second-order valence-corrected chi connectivity index (χ2v) is 7.06. The summed E-state index contributed by atoms with van der Waals surface area (Å²) in [6.45, 7) is 1.10. The summed E-state index contributed by atoms with van der Waals surface area (Å²) < 4.78 is 0. The van der Waals surface area contributed by atoms with Crippen molar-refractivity contribution in [3.05, 3.63) is 41.9 Å². The zero-order chi connectivity index (χ0) is 18.5. The van der Waals surface area contributed by atoms with Crippen LogP contribution in [0.3, 0.4) is 0 Å². The molecule has 3 rings (SSSR count). The number of carbonyl (C=O) groups excluding carboxylic acids is 1. The molecule has 1 aromatic carbocycles. The van der Waals surface area contributed by atoms with Crippen LogP contribution in [0.1, 0.15) is 41.7 Å². The smallest absolute Gasteiger partial charge is 0.273 e. The van der Waals surface area contributed by atoms with E-state index in [2.05, 4.69) is 15.3 Å². The van der Waals surface area contributed by atoms with Crippen LogP contribution in [0.25, 0.3) is 11.3 Å². The molecule has 2 N–H and O–H groups in total. The average molecular weight is 354 g/mol. The minimum absolute atomic E-state index is 0.192. The molecule has 1 atom stereocenters. The van der Waals surface area contributed by atoms with Gasteiger partial charge in [0.05, 0.1) is 18.1 Å². The Morgan fingerprint density at radius 2 is 2.12 bits per heavy atom. The van der Waals surface area contributed by atoms with E-state index >= 15 is 0 Å². The molecule has 1 aliphatic heterocycles. The number of aromatic nitrogens is 2. The summed E-state index contributed by atoms with van der Waals surface area (Å²) in [6, 6.07) is 6.04. The third-order valence-electron chi connectivity index (χ3n) is 4.73. The summed E-state index contributed by atoms with van der Waals surface area (Å²) in [7, 11) is 3.37. The molecular formula is C20H26N4O2. The summed E-state index contributed by atoms with van der Waals surface area (Å²) in [6.07, 6.45) is 8.78. The van der Waals surface area contributed by atoms with Crippen molar-refractivity contribution >= 4 is 5.91 Å². The van der Waals surface area contributed by atoms with Crippen molar-refractivity contribution in [3.63, 3.8) is 0 Å². The molecule has 1 amide bonds. The van der Waals surface area contributed by atoms with E-state index in [0.717, 1.165) is 30.5 Å². The first-order valence-electron chi connectivity index (χ1n) is 9.13. The van der Waals surface area contributed by atoms with Gasteiger partial charge in [0, 0.05) is 25.7 Å². The highest BCUT2D eigenvalue weighted by Gasteiger charge is 2.14. The average Bonchev–Trinajstić information content (AvgIpc) is 2.66. The van der Waals surface area contributed by atoms with E-state index in [1.165, 1.54) is 30.4 Å². The monoisotopic (exact) mass is 354 g/mol. The molecule has 0 spiro atoms. The van der Waals surface area contributed by atoms with E-state index < -0.39 is 0 Å². The predicted molar refractivity (Wildman–Crippen MR) is 101 cm³/mol. The molecule has 6 heteroatoms. The SMILES string of the molecule is CN(C)C(=O)c1cncc(-c2cc(O)cc(CC[C@H]3CCCCN3)c2)n1. The normalized spacial score (nSPS) is 17.1. The fourth-order valence-corrected chi connectivity index (χ4v) is 3.31. The van der Waals surface area contributed by atoms with Gasteiger partial charge < -0.3 is 15.3 Å². The molecule has 138 valence electrons. The summed E-state index contributed by atoms with van der Waals surface area (Å²) >= 11 is 0. The van der Waals surface area contributed by atoms with Crippen molar-refractivity contribution in [2.24, 2.45) is 0 Å². The first-order chi connectivity index (χ1) is 12.5. The number of piperidine rings is 1. The lowest BCUT2D eigenvalue weighted by Gasteiger charge is -2.23. The van der Waals surface area contributed by atoms with Gasteiger partial charge >= 0.3 is 0 Å². The summed E-state index contributed by atoms with van der Waals surface area (Å²) in [4.78, 5) is 22.1. The molecule has 0 aliphatic carbocycles. The van der Waals surface area contributed by atoms with Gasteiger partial charge in [0.15, 0.2) is 0 Å². The Labute approximate surface area is 154 Å². The predicted octanol–water partition coefficient (Wildman–Crippen LogP) is 2.63. The van der Waals surface area contributed by atoms with E-state index in [-0.39, 0.29) is 11.7 Å². The molecule has 1 aliphatic rings. The van der Waals surface area contributed by atoms with Crippen LogP contribution in [0, 0.1) is 0 Å². The number of rotatable bonds is 5. The zero-order valence-electron chi connectivity index (χ0n) is 15.4. The van der Waals surface area contributed by atoms with Gasteiger partial charge in [0.1, 0.15) is 11.4 Å². The van der Waals surface area contributed by atoms with Gasteiger partial charge in [-0.3, -0.25) is 9.78 Å². The number of aryl methyl sites for hydroxylation is 1. The molecular weight excluding hydrogens is 328 g/mol. The Bertz CT molecular complexity index is 770. The fraction of sp³-hybridized carbons (Fsp3) is 0.450. The van der Waals surface area contributed by atoms with Crippen molar-refractivity contribution < 1.29 is 9.90 Å². The van der Waals surface area contributed by atoms with Crippen molar-refractivity contribution in [3.8, 4) is 17.0 Å². The van der Waals surface area contributed by atoms with Crippen LogP contribution >= 0.6 is 0 Å². The van der Waals surface area contributed by atoms with Gasteiger partial charge in [-0.05, 0) is 56.0 Å². The van der Waals surface area contributed by atoms with E-state index in [1.54, 1.807) is 32.4 Å². The third-order valence-corrected chi connectivity index (χ3v) is 4.73. The molecule has 1 saturated heterocycles. The first-order valence-corrected chi connectivity index (χ1v) is 9.13. The highest BCUT2D eigenvalue weighted by Crippen LogP contribution is 2.25. The maximum atomic E-state index is 12.1. The number of hydrogen-bond donors (Lipinski definition) is 2. The zero-order valence-corrected chi connectivity index (χ0v) is 15.4. The number of amides is 1. The largest absolute Gasteiger partial charge is 0.508 e. The summed E-state index contributed by atoms with van der Waals surface area (Å²) in [5.74, 6) is 0.0170. The molecule has 2 aromatic rings. The minimum Gasteiger partial charge on any atom is -0.508 e. The van der Waals surface area contributed by atoms with Crippen LogP contribution in [-0.4, -0.2) is 52.6 Å². The van der Waals surface area contributed by atoms with Gasteiger partial charge in [-0.2, -0.15) is 0 Å². The van der Waals surface area contributed by atoms with Crippen LogP contribution in [0.4, 0.5) is 0 Å². The number of benzene rings is 1. The molecule has 0 radical (unpaired) electrons. The Morgan fingerprint density at radius 1 is 1.27 bits per heavy atom. The van der Waals surface area contributed by atoms with Crippen molar-refractivity contribution in [2.75, 3.05) is 20.6 Å². The molecule has 1 fully saturated rings. The van der Waals surface area contributed by atoms with Gasteiger partial charge in [0.2, 0.25) is 0 Å². The number of nitrogens with zero attached hydrogens (tertiary/aromatic N) is 3. The van der Waals surface area contributed by atoms with Crippen LogP contribution in [0.15, 0.2) is 30.6 Å². The second kappa shape index (κ2) is 8.27. The Morgan fingerprint density at radius 3 is 2.85 bits per heavy atom. The molecule has 0 bridgehead atoms. The standard InChI is InChI=1S/C20H26N4O2/c1-24(2)20(26)19-13-21-12-18(23-19)15-9-14(10-17(25)11-15)6-7-16-5-3-4-8-22-16/h9-13,16,22,25H,3-8H2,1-2H3/t16-/m1/s1. The quantitative estimate of drug-likeness (QED) is 0.863. The molecule has 1 aromatic heterocycles. The van der Waals surface area contributed by atoms with Crippen molar-refractivity contribution in [1.29, 1.82) is 0 Å². The highest BCUT2D eigenvalue weighted by atomic mass is 16.3. The molecule has 0 unspecified atom stereocenters. The van der Waals surface area contributed by atoms with Gasteiger partial charge in [-0.15, -0.1) is 0 Å². The van der Waals surface area contributed by atoms with E-state index in [4.69, 9.17) is 0 Å². The molecule has 2 heterocycles. The molecule has 6 nitrogen and oxygen atoms in total. The first kappa shape index (κ1) is 18.3. The van der Waals surface area contributed by atoms with Crippen molar-refractivity contribution in [2.45, 2.75) is 38.1 Å². The minimum atomic E-state index is -0.192. The molecule has 0 saturated carbocycles. The van der Waals surface area contributed by atoms with E-state index in [1.807, 2.05) is 6.07 Å². The van der Waals surface area contributed by atoms with Crippen LogP contribution in [-0.2, 0) is 6.42 Å². The van der Waals surface area contributed by atoms with Crippen molar-refractivity contribution in [1.82, 2.24) is 20.2 Å². The topological polar surface area (TPSA) is 78.4 Å².